The van der Waals surface area contributed by atoms with Crippen molar-refractivity contribution in [2.45, 2.75) is 32.4 Å². The van der Waals surface area contributed by atoms with Gasteiger partial charge in [0.25, 0.3) is 0 Å². The van der Waals surface area contributed by atoms with Gasteiger partial charge in [-0.2, -0.15) is 13.2 Å². The highest BCUT2D eigenvalue weighted by molar-refractivity contribution is 6.35. The van der Waals surface area contributed by atoms with E-state index in [1.165, 1.54) is 12.1 Å². The van der Waals surface area contributed by atoms with E-state index in [0.29, 0.717) is 44.3 Å². The molecule has 0 amide bonds. The van der Waals surface area contributed by atoms with Crippen molar-refractivity contribution in [3.8, 4) is 22.3 Å². The molecule has 2 nitrogen and oxygen atoms in total. The predicted octanol–water partition coefficient (Wildman–Crippen LogP) is 8.56. The summed E-state index contributed by atoms with van der Waals surface area (Å²) in [6, 6.07) is 15.0. The zero-order chi connectivity index (χ0) is 23.6. The Morgan fingerprint density at radius 1 is 0.906 bits per heavy atom. The summed E-state index contributed by atoms with van der Waals surface area (Å²) in [6.45, 7) is 3.87. The largest absolute Gasteiger partial charge is 0.481 e. The Labute approximate surface area is 194 Å². The third-order valence-electron chi connectivity index (χ3n) is 5.15. The smallest absolute Gasteiger partial charge is 0.416 e. The van der Waals surface area contributed by atoms with Gasteiger partial charge in [0, 0.05) is 15.6 Å². The van der Waals surface area contributed by atoms with E-state index in [1.807, 2.05) is 13.8 Å². The summed E-state index contributed by atoms with van der Waals surface area (Å²) in [5, 5.41) is 10.7. The monoisotopic (exact) mass is 480 g/mol. The first kappa shape index (κ1) is 24.1. The number of hydrogen-bond donors (Lipinski definition) is 1. The van der Waals surface area contributed by atoms with Crippen LogP contribution >= 0.6 is 23.2 Å². The molecule has 1 atom stereocenters. The summed E-state index contributed by atoms with van der Waals surface area (Å²) in [5.41, 5.74) is 2.18. The van der Waals surface area contributed by atoms with Crippen LogP contribution in [0.4, 0.5) is 13.2 Å². The van der Waals surface area contributed by atoms with Crippen molar-refractivity contribution in [3.05, 3.63) is 81.8 Å². The molecule has 0 spiro atoms. The van der Waals surface area contributed by atoms with Gasteiger partial charge in [-0.3, -0.25) is 4.79 Å². The molecule has 0 bridgehead atoms. The summed E-state index contributed by atoms with van der Waals surface area (Å²) < 4.78 is 38.9. The maximum absolute atomic E-state index is 13.0. The highest BCUT2D eigenvalue weighted by Gasteiger charge is 2.30. The zero-order valence-corrected chi connectivity index (χ0v) is 18.9. The molecule has 3 aromatic carbocycles. The molecule has 0 heterocycles. The lowest BCUT2D eigenvalue weighted by Crippen LogP contribution is -2.14. The minimum Gasteiger partial charge on any atom is -0.481 e. The first-order chi connectivity index (χ1) is 15.0. The van der Waals surface area contributed by atoms with Gasteiger partial charge in [0.1, 0.15) is 0 Å². The van der Waals surface area contributed by atoms with Crippen LogP contribution in [-0.4, -0.2) is 11.1 Å². The van der Waals surface area contributed by atoms with Crippen molar-refractivity contribution in [1.29, 1.82) is 0 Å². The van der Waals surface area contributed by atoms with Crippen LogP contribution in [0, 0.1) is 5.92 Å². The number of carboxylic acid groups (broad SMARTS) is 1. The van der Waals surface area contributed by atoms with Gasteiger partial charge in [0.05, 0.1) is 11.5 Å². The molecule has 0 saturated heterocycles. The second kappa shape index (κ2) is 9.55. The molecule has 0 aromatic heterocycles. The van der Waals surface area contributed by atoms with Crippen molar-refractivity contribution >= 4 is 29.2 Å². The molecule has 168 valence electrons. The van der Waals surface area contributed by atoms with Gasteiger partial charge in [0.15, 0.2) is 0 Å². The van der Waals surface area contributed by atoms with Gasteiger partial charge in [-0.1, -0.05) is 61.3 Å². The van der Waals surface area contributed by atoms with Crippen molar-refractivity contribution in [2.24, 2.45) is 5.92 Å². The standard InChI is InChI=1S/C25H21Cl2F3O2/c1-14(2)9-22(24(31)32)18-11-16(15-3-5-19(6-4-15)25(28,29)30)10-17(12-18)21-13-20(26)7-8-23(21)27/h3-8,10-14,22H,9H2,1-2H3,(H,31,32). The number of aliphatic carboxylic acids is 1. The molecule has 0 aliphatic carbocycles. The number of benzene rings is 3. The Morgan fingerprint density at radius 2 is 1.53 bits per heavy atom. The molecule has 0 aliphatic rings. The van der Waals surface area contributed by atoms with E-state index in [0.717, 1.165) is 12.1 Å². The number of alkyl halides is 3. The zero-order valence-electron chi connectivity index (χ0n) is 17.4. The van der Waals surface area contributed by atoms with Gasteiger partial charge >= 0.3 is 12.1 Å². The average molecular weight is 481 g/mol. The van der Waals surface area contributed by atoms with Crippen LogP contribution in [0.15, 0.2) is 60.7 Å². The van der Waals surface area contributed by atoms with E-state index in [2.05, 4.69) is 0 Å². The molecule has 3 rings (SSSR count). The second-order valence-corrected chi connectivity index (χ2v) is 8.91. The van der Waals surface area contributed by atoms with Crippen LogP contribution in [0.1, 0.15) is 37.3 Å². The van der Waals surface area contributed by atoms with Crippen LogP contribution in [0.25, 0.3) is 22.3 Å². The maximum Gasteiger partial charge on any atom is 0.416 e. The van der Waals surface area contributed by atoms with E-state index in [4.69, 9.17) is 23.2 Å². The average Bonchev–Trinajstić information content (AvgIpc) is 2.72. The van der Waals surface area contributed by atoms with E-state index in [1.54, 1.807) is 36.4 Å². The third kappa shape index (κ3) is 5.64. The predicted molar refractivity (Wildman–Crippen MR) is 122 cm³/mol. The molecule has 1 unspecified atom stereocenters. The summed E-state index contributed by atoms with van der Waals surface area (Å²) in [7, 11) is 0. The van der Waals surface area contributed by atoms with E-state index >= 15 is 0 Å². The van der Waals surface area contributed by atoms with Crippen LogP contribution in [0.2, 0.25) is 10.0 Å². The minimum absolute atomic E-state index is 0.129. The summed E-state index contributed by atoms with van der Waals surface area (Å²) >= 11 is 12.5. The third-order valence-corrected chi connectivity index (χ3v) is 5.71. The van der Waals surface area contributed by atoms with Crippen molar-refractivity contribution in [1.82, 2.24) is 0 Å². The molecule has 0 saturated carbocycles. The fourth-order valence-electron chi connectivity index (χ4n) is 3.60. The van der Waals surface area contributed by atoms with Gasteiger partial charge in [0.2, 0.25) is 0 Å². The normalized spacial score (nSPS) is 12.8. The molecule has 0 aliphatic heterocycles. The van der Waals surface area contributed by atoms with Crippen LogP contribution in [0.3, 0.4) is 0 Å². The molecule has 3 aromatic rings. The quantitative estimate of drug-likeness (QED) is 0.383. The van der Waals surface area contributed by atoms with Gasteiger partial charge in [-0.25, -0.2) is 0 Å². The Hall–Kier alpha value is -2.50. The highest BCUT2D eigenvalue weighted by atomic mass is 35.5. The lowest BCUT2D eigenvalue weighted by Gasteiger charge is -2.19. The summed E-state index contributed by atoms with van der Waals surface area (Å²) in [6.07, 6.45) is -4.03. The number of hydrogen-bond acceptors (Lipinski definition) is 1. The Balaban J connectivity index is 2.20. The SMILES string of the molecule is CC(C)CC(C(=O)O)c1cc(-c2ccc(C(F)(F)F)cc2)cc(-c2cc(Cl)ccc2Cl)c1. The van der Waals surface area contributed by atoms with Gasteiger partial charge in [-0.15, -0.1) is 0 Å². The number of rotatable bonds is 6. The number of carboxylic acids is 1. The fraction of sp³-hybridized carbons (Fsp3) is 0.240. The number of halogens is 5. The number of carbonyl (C=O) groups is 1. The van der Waals surface area contributed by atoms with Crippen molar-refractivity contribution in [3.63, 3.8) is 0 Å². The van der Waals surface area contributed by atoms with Crippen molar-refractivity contribution in [2.75, 3.05) is 0 Å². The topological polar surface area (TPSA) is 37.3 Å². The van der Waals surface area contributed by atoms with Crippen LogP contribution in [-0.2, 0) is 11.0 Å². The Bertz CT molecular complexity index is 1120. The van der Waals surface area contributed by atoms with Gasteiger partial charge in [-0.05, 0) is 71.0 Å². The molecular formula is C25H21Cl2F3O2. The van der Waals surface area contributed by atoms with Crippen molar-refractivity contribution < 1.29 is 23.1 Å². The minimum atomic E-state index is -4.44. The lowest BCUT2D eigenvalue weighted by molar-refractivity contribution is -0.139. The maximum atomic E-state index is 13.0. The van der Waals surface area contributed by atoms with Gasteiger partial charge < -0.3 is 5.11 Å². The van der Waals surface area contributed by atoms with E-state index in [9.17, 15) is 23.1 Å². The first-order valence-corrected chi connectivity index (χ1v) is 10.7. The molecule has 7 heteroatoms. The summed E-state index contributed by atoms with van der Waals surface area (Å²) in [4.78, 5) is 12.0. The second-order valence-electron chi connectivity index (χ2n) is 8.06. The molecular weight excluding hydrogens is 460 g/mol. The summed E-state index contributed by atoms with van der Waals surface area (Å²) in [5.74, 6) is -1.61. The lowest BCUT2D eigenvalue weighted by atomic mass is 9.86. The molecule has 1 N–H and O–H groups in total. The fourth-order valence-corrected chi connectivity index (χ4v) is 4.00. The molecule has 0 fully saturated rings. The highest BCUT2D eigenvalue weighted by Crippen LogP contribution is 2.38. The van der Waals surface area contributed by atoms with Crippen LogP contribution < -0.4 is 0 Å². The molecule has 32 heavy (non-hydrogen) atoms. The van der Waals surface area contributed by atoms with Crippen LogP contribution in [0.5, 0.6) is 0 Å². The first-order valence-electron chi connectivity index (χ1n) is 9.96. The Kier molecular flexibility index (Phi) is 7.21. The van der Waals surface area contributed by atoms with E-state index in [-0.39, 0.29) is 5.92 Å². The van der Waals surface area contributed by atoms with E-state index < -0.39 is 23.6 Å². The molecule has 0 radical (unpaired) electrons. The Morgan fingerprint density at radius 3 is 2.09 bits per heavy atom.